The minimum Gasteiger partial charge on any atom is -0.478 e. The first kappa shape index (κ1) is 26.3. The van der Waals surface area contributed by atoms with Crippen molar-refractivity contribution < 1.29 is 27.5 Å². The summed E-state index contributed by atoms with van der Waals surface area (Å²) >= 11 is 0. The molecule has 12 heteroatoms. The molecule has 37 heavy (non-hydrogen) atoms. The lowest BCUT2D eigenvalue weighted by atomic mass is 10.1. The van der Waals surface area contributed by atoms with Crippen molar-refractivity contribution in [1.82, 2.24) is 15.2 Å². The number of hydrogen-bond acceptors (Lipinski definition) is 7. The van der Waals surface area contributed by atoms with E-state index in [0.717, 1.165) is 30.7 Å². The van der Waals surface area contributed by atoms with Gasteiger partial charge in [0.05, 0.1) is 22.5 Å². The molecule has 1 fully saturated rings. The van der Waals surface area contributed by atoms with Crippen molar-refractivity contribution in [3.05, 3.63) is 59.9 Å². The first-order chi connectivity index (χ1) is 17.7. The second-order valence-electron chi connectivity index (χ2n) is 8.74. The Morgan fingerprint density at radius 1 is 1.05 bits per heavy atom. The smallest absolute Gasteiger partial charge is 0.336 e. The van der Waals surface area contributed by atoms with Gasteiger partial charge in [-0.1, -0.05) is 6.92 Å². The number of carbonyl (C=O) groups is 2. The van der Waals surface area contributed by atoms with Gasteiger partial charge in [-0.3, -0.25) is 14.4 Å². The molecule has 2 aromatic carbocycles. The third kappa shape index (κ3) is 6.33. The number of aromatic carboxylic acids is 1. The molecule has 0 atom stereocenters. The van der Waals surface area contributed by atoms with Crippen molar-refractivity contribution in [3.63, 3.8) is 0 Å². The van der Waals surface area contributed by atoms with Crippen molar-refractivity contribution in [2.24, 2.45) is 0 Å². The molecule has 2 heterocycles. The zero-order chi connectivity index (χ0) is 26.6. The minimum absolute atomic E-state index is 0.01000. The number of fused-ring (bicyclic) bond motifs is 1. The van der Waals surface area contributed by atoms with Crippen molar-refractivity contribution in [1.29, 1.82) is 0 Å². The summed E-state index contributed by atoms with van der Waals surface area (Å²) < 4.78 is 40.9. The molecular formula is C25H28FN5O5S. The van der Waals surface area contributed by atoms with Gasteiger partial charge in [0.1, 0.15) is 11.6 Å². The number of carboxylic acids is 1. The highest BCUT2D eigenvalue weighted by molar-refractivity contribution is 7.92. The van der Waals surface area contributed by atoms with E-state index in [4.69, 9.17) is 0 Å². The lowest BCUT2D eigenvalue weighted by Crippen LogP contribution is -2.49. The SMILES string of the molecule is CCCNC(=O)CN1CCN(c2cc(C(=O)O)c3cc(NS(=O)(=O)c4ccc(F)cc4)ccc3n2)CC1. The molecule has 196 valence electrons. The van der Waals surface area contributed by atoms with Gasteiger partial charge in [-0.25, -0.2) is 22.6 Å². The first-order valence-electron chi connectivity index (χ1n) is 11.9. The average Bonchev–Trinajstić information content (AvgIpc) is 2.87. The van der Waals surface area contributed by atoms with Crippen molar-refractivity contribution >= 4 is 44.3 Å². The van der Waals surface area contributed by atoms with Crippen molar-refractivity contribution in [3.8, 4) is 0 Å². The van der Waals surface area contributed by atoms with Gasteiger partial charge < -0.3 is 15.3 Å². The number of nitrogens with zero attached hydrogens (tertiary/aromatic N) is 3. The van der Waals surface area contributed by atoms with Crippen LogP contribution in [-0.2, 0) is 14.8 Å². The zero-order valence-corrected chi connectivity index (χ0v) is 21.1. The van der Waals surface area contributed by atoms with Gasteiger partial charge in [0.15, 0.2) is 0 Å². The number of sulfonamides is 1. The Bertz CT molecular complexity index is 1410. The Morgan fingerprint density at radius 2 is 1.76 bits per heavy atom. The zero-order valence-electron chi connectivity index (χ0n) is 20.3. The highest BCUT2D eigenvalue weighted by Crippen LogP contribution is 2.28. The topological polar surface area (TPSA) is 132 Å². The van der Waals surface area contributed by atoms with Gasteiger partial charge in [-0.05, 0) is 55.0 Å². The van der Waals surface area contributed by atoms with Crippen LogP contribution in [0.25, 0.3) is 10.9 Å². The van der Waals surface area contributed by atoms with E-state index >= 15 is 0 Å². The number of rotatable bonds is 9. The lowest BCUT2D eigenvalue weighted by Gasteiger charge is -2.35. The maximum absolute atomic E-state index is 13.2. The monoisotopic (exact) mass is 529 g/mol. The van der Waals surface area contributed by atoms with E-state index < -0.39 is 21.8 Å². The van der Waals surface area contributed by atoms with Crippen LogP contribution in [0.4, 0.5) is 15.9 Å². The molecule has 0 unspecified atom stereocenters. The first-order valence-corrected chi connectivity index (χ1v) is 13.3. The second kappa shape index (κ2) is 11.1. The van der Waals surface area contributed by atoms with Crippen LogP contribution < -0.4 is 14.9 Å². The molecule has 10 nitrogen and oxygen atoms in total. The molecule has 0 radical (unpaired) electrons. The maximum Gasteiger partial charge on any atom is 0.336 e. The van der Waals surface area contributed by atoms with Crippen molar-refractivity contribution in [2.45, 2.75) is 18.2 Å². The molecule has 1 aliphatic heterocycles. The van der Waals surface area contributed by atoms with Crippen LogP contribution in [0.15, 0.2) is 53.4 Å². The van der Waals surface area contributed by atoms with Crippen LogP contribution in [-0.4, -0.2) is 74.6 Å². The van der Waals surface area contributed by atoms with Crippen molar-refractivity contribution in [2.75, 3.05) is 48.9 Å². The second-order valence-corrected chi connectivity index (χ2v) is 10.4. The van der Waals surface area contributed by atoms with Gasteiger partial charge in [-0.15, -0.1) is 0 Å². The van der Waals surface area contributed by atoms with E-state index in [2.05, 4.69) is 15.0 Å². The third-order valence-corrected chi connectivity index (χ3v) is 7.43. The number of nitrogens with one attached hydrogen (secondary N) is 2. The van der Waals surface area contributed by atoms with Crippen LogP contribution in [0.3, 0.4) is 0 Å². The summed E-state index contributed by atoms with van der Waals surface area (Å²) in [5.74, 6) is -1.24. The summed E-state index contributed by atoms with van der Waals surface area (Å²) in [6.07, 6.45) is 0.876. The van der Waals surface area contributed by atoms with Crippen LogP contribution in [0.5, 0.6) is 0 Å². The number of carboxylic acid groups (broad SMARTS) is 1. The number of halogens is 1. The highest BCUT2D eigenvalue weighted by atomic mass is 32.2. The molecule has 3 aromatic rings. The molecule has 1 aliphatic rings. The molecule has 1 saturated heterocycles. The number of amides is 1. The Labute approximate surface area is 214 Å². The fraction of sp³-hybridized carbons (Fsp3) is 0.320. The predicted octanol–water partition coefficient (Wildman–Crippen LogP) is 2.52. The van der Waals surface area contributed by atoms with Gasteiger partial charge in [0.25, 0.3) is 10.0 Å². The molecule has 0 saturated carbocycles. The predicted molar refractivity (Wildman–Crippen MR) is 138 cm³/mol. The fourth-order valence-electron chi connectivity index (χ4n) is 4.10. The van der Waals surface area contributed by atoms with E-state index in [1.54, 1.807) is 6.07 Å². The molecule has 1 aromatic heterocycles. The quantitative estimate of drug-likeness (QED) is 0.385. The van der Waals surface area contributed by atoms with Gasteiger partial charge in [0, 0.05) is 43.8 Å². The molecular weight excluding hydrogens is 501 g/mol. The van der Waals surface area contributed by atoms with E-state index in [1.807, 2.05) is 16.7 Å². The standard InChI is InChI=1S/C25H28FN5O5S/c1-2-9-27-24(32)16-30-10-12-31(13-11-30)23-15-21(25(33)34)20-14-18(5-8-22(20)28-23)29-37(35,36)19-6-3-17(26)4-7-19/h3-8,14-15,29H,2,9-13,16H2,1H3,(H,27,32)(H,33,34). The third-order valence-electron chi connectivity index (χ3n) is 6.04. The molecule has 0 aliphatic carbocycles. The molecule has 1 amide bonds. The Hall–Kier alpha value is -3.77. The molecule has 3 N–H and O–H groups in total. The number of hydrogen-bond donors (Lipinski definition) is 3. The summed E-state index contributed by atoms with van der Waals surface area (Å²) in [5, 5.41) is 13.0. The summed E-state index contributed by atoms with van der Waals surface area (Å²) in [4.78, 5) is 32.6. The number of benzene rings is 2. The molecule has 4 rings (SSSR count). The van der Waals surface area contributed by atoms with Crippen LogP contribution in [0.2, 0.25) is 0 Å². The van der Waals surface area contributed by atoms with E-state index in [-0.39, 0.29) is 27.4 Å². The average molecular weight is 530 g/mol. The summed E-state index contributed by atoms with van der Waals surface area (Å²) in [6, 6.07) is 10.3. The lowest BCUT2D eigenvalue weighted by molar-refractivity contribution is -0.122. The largest absolute Gasteiger partial charge is 0.478 e. The van der Waals surface area contributed by atoms with Crippen LogP contribution >= 0.6 is 0 Å². The normalized spacial score (nSPS) is 14.5. The maximum atomic E-state index is 13.2. The van der Waals surface area contributed by atoms with Gasteiger partial charge >= 0.3 is 5.97 Å². The number of anilines is 2. The van der Waals surface area contributed by atoms with Crippen LogP contribution in [0, 0.1) is 5.82 Å². The van der Waals surface area contributed by atoms with E-state index in [0.29, 0.717) is 50.6 Å². The Morgan fingerprint density at radius 3 is 2.41 bits per heavy atom. The Balaban J connectivity index is 1.53. The number of piperazine rings is 1. The fourth-order valence-corrected chi connectivity index (χ4v) is 5.15. The van der Waals surface area contributed by atoms with E-state index in [1.165, 1.54) is 18.2 Å². The number of carbonyl (C=O) groups excluding carboxylic acids is 1. The number of aromatic nitrogens is 1. The highest BCUT2D eigenvalue weighted by Gasteiger charge is 2.23. The summed E-state index contributed by atoms with van der Waals surface area (Å²) in [5.41, 5.74) is 0.550. The van der Waals surface area contributed by atoms with Gasteiger partial charge in [0.2, 0.25) is 5.91 Å². The Kier molecular flexibility index (Phi) is 7.89. The number of pyridine rings is 1. The van der Waals surface area contributed by atoms with Gasteiger partial charge in [-0.2, -0.15) is 0 Å². The van der Waals surface area contributed by atoms with E-state index in [9.17, 15) is 27.5 Å². The summed E-state index contributed by atoms with van der Waals surface area (Å²) in [6.45, 7) is 5.37. The molecule has 0 spiro atoms. The molecule has 0 bridgehead atoms. The van der Waals surface area contributed by atoms with Crippen LogP contribution in [0.1, 0.15) is 23.7 Å². The summed E-state index contributed by atoms with van der Waals surface area (Å²) in [7, 11) is -4.00. The minimum atomic E-state index is -4.00.